The molecular formula is C14H16ClN3O3S. The Kier molecular flexibility index (Phi) is 4.90. The van der Waals surface area contributed by atoms with Crippen molar-refractivity contribution in [2.24, 2.45) is 12.2 Å². The maximum atomic E-state index is 12.1. The number of sulfonamides is 1. The maximum absolute atomic E-state index is 12.1. The number of carbonyl (C=O) groups is 1. The van der Waals surface area contributed by atoms with Crippen molar-refractivity contribution in [3.05, 3.63) is 52.8 Å². The van der Waals surface area contributed by atoms with Crippen molar-refractivity contribution in [1.82, 2.24) is 9.88 Å². The first-order valence-corrected chi connectivity index (χ1v) is 8.41. The highest BCUT2D eigenvalue weighted by Gasteiger charge is 2.17. The lowest BCUT2D eigenvalue weighted by atomic mass is 10.1. The molecule has 0 bridgehead atoms. The molecule has 1 heterocycles. The van der Waals surface area contributed by atoms with Crippen molar-refractivity contribution in [1.29, 1.82) is 0 Å². The highest BCUT2D eigenvalue weighted by Crippen LogP contribution is 2.12. The van der Waals surface area contributed by atoms with Crippen LogP contribution < -0.4 is 10.5 Å². The second-order valence-corrected chi connectivity index (χ2v) is 6.85. The second kappa shape index (κ2) is 6.51. The predicted octanol–water partition coefficient (Wildman–Crippen LogP) is 1.30. The van der Waals surface area contributed by atoms with E-state index >= 15 is 0 Å². The summed E-state index contributed by atoms with van der Waals surface area (Å²) in [4.78, 5) is 12.0. The molecule has 0 atom stereocenters. The van der Waals surface area contributed by atoms with Gasteiger partial charge in [0, 0.05) is 24.8 Å². The van der Waals surface area contributed by atoms with Crippen LogP contribution in [0.1, 0.15) is 16.1 Å². The van der Waals surface area contributed by atoms with Crippen LogP contribution >= 0.6 is 11.6 Å². The summed E-state index contributed by atoms with van der Waals surface area (Å²) >= 11 is 5.89. The Morgan fingerprint density at radius 1 is 1.36 bits per heavy atom. The smallest absolute Gasteiger partial charge is 0.267 e. The SMILES string of the molecule is Cn1cc(S(N)(=O)=O)cc1C(=O)NCCc1cccc(Cl)c1. The first kappa shape index (κ1) is 16.5. The summed E-state index contributed by atoms with van der Waals surface area (Å²) in [5.74, 6) is -0.362. The molecule has 2 rings (SSSR count). The third-order valence-corrected chi connectivity index (χ3v) is 4.24. The fraction of sp³-hybridized carbons (Fsp3) is 0.214. The molecule has 0 aliphatic rings. The van der Waals surface area contributed by atoms with Gasteiger partial charge in [0.15, 0.2) is 0 Å². The second-order valence-electron chi connectivity index (χ2n) is 4.85. The zero-order chi connectivity index (χ0) is 16.3. The van der Waals surface area contributed by atoms with E-state index in [-0.39, 0.29) is 16.5 Å². The minimum atomic E-state index is -3.82. The van der Waals surface area contributed by atoms with Crippen LogP contribution in [0.5, 0.6) is 0 Å². The number of primary sulfonamides is 1. The number of nitrogens with one attached hydrogen (secondary N) is 1. The van der Waals surface area contributed by atoms with E-state index in [4.69, 9.17) is 16.7 Å². The van der Waals surface area contributed by atoms with Gasteiger partial charge in [-0.05, 0) is 30.2 Å². The number of benzene rings is 1. The number of carbonyl (C=O) groups excluding carboxylic acids is 1. The summed E-state index contributed by atoms with van der Waals surface area (Å²) in [5.41, 5.74) is 1.24. The number of hydrogen-bond acceptors (Lipinski definition) is 3. The maximum Gasteiger partial charge on any atom is 0.267 e. The van der Waals surface area contributed by atoms with Gasteiger partial charge in [-0.15, -0.1) is 0 Å². The third-order valence-electron chi connectivity index (χ3n) is 3.13. The van der Waals surface area contributed by atoms with Crippen LogP contribution in [0.3, 0.4) is 0 Å². The summed E-state index contributed by atoms with van der Waals surface area (Å²) in [6, 6.07) is 8.62. The zero-order valence-corrected chi connectivity index (χ0v) is 13.5. The van der Waals surface area contributed by atoms with E-state index in [0.717, 1.165) is 5.56 Å². The van der Waals surface area contributed by atoms with Crippen molar-refractivity contribution >= 4 is 27.5 Å². The van der Waals surface area contributed by atoms with Gasteiger partial charge in [-0.3, -0.25) is 4.79 Å². The van der Waals surface area contributed by atoms with Gasteiger partial charge in [-0.1, -0.05) is 23.7 Å². The Balaban J connectivity index is 2.00. The number of halogens is 1. The topological polar surface area (TPSA) is 94.2 Å². The van der Waals surface area contributed by atoms with E-state index in [9.17, 15) is 13.2 Å². The standard InChI is InChI=1S/C14H16ClN3O3S/c1-18-9-12(22(16,20)21)8-13(18)14(19)17-6-5-10-3-2-4-11(15)7-10/h2-4,7-9H,5-6H2,1H3,(H,17,19)(H2,16,20,21). The molecule has 0 radical (unpaired) electrons. The molecule has 0 fully saturated rings. The summed E-state index contributed by atoms with van der Waals surface area (Å²) in [6.45, 7) is 0.412. The Morgan fingerprint density at radius 3 is 2.68 bits per heavy atom. The number of rotatable bonds is 5. The van der Waals surface area contributed by atoms with E-state index in [1.807, 2.05) is 18.2 Å². The normalized spacial score (nSPS) is 11.4. The van der Waals surface area contributed by atoms with E-state index in [1.54, 1.807) is 13.1 Å². The summed E-state index contributed by atoms with van der Waals surface area (Å²) in [6.07, 6.45) is 1.93. The molecule has 8 heteroatoms. The highest BCUT2D eigenvalue weighted by atomic mass is 35.5. The number of aromatic nitrogens is 1. The molecule has 0 saturated carbocycles. The monoisotopic (exact) mass is 341 g/mol. The minimum Gasteiger partial charge on any atom is -0.350 e. The van der Waals surface area contributed by atoms with Crippen LogP contribution in [0.15, 0.2) is 41.4 Å². The Labute approximate surface area is 133 Å². The molecule has 1 aromatic carbocycles. The lowest BCUT2D eigenvalue weighted by molar-refractivity contribution is 0.0946. The summed E-state index contributed by atoms with van der Waals surface area (Å²) < 4.78 is 24.0. The van der Waals surface area contributed by atoms with Gasteiger partial charge >= 0.3 is 0 Å². The number of nitrogens with two attached hydrogens (primary N) is 1. The molecule has 0 aliphatic carbocycles. The molecule has 2 aromatic rings. The van der Waals surface area contributed by atoms with Crippen LogP contribution in [-0.4, -0.2) is 25.4 Å². The molecule has 1 aromatic heterocycles. The highest BCUT2D eigenvalue weighted by molar-refractivity contribution is 7.89. The molecule has 1 amide bonds. The molecule has 0 spiro atoms. The molecule has 118 valence electrons. The Hall–Kier alpha value is -1.83. The van der Waals surface area contributed by atoms with Crippen molar-refractivity contribution in [3.63, 3.8) is 0 Å². The van der Waals surface area contributed by atoms with Gasteiger partial charge in [-0.25, -0.2) is 13.6 Å². The molecular weight excluding hydrogens is 326 g/mol. The first-order valence-electron chi connectivity index (χ1n) is 6.49. The van der Waals surface area contributed by atoms with Crippen molar-refractivity contribution < 1.29 is 13.2 Å². The van der Waals surface area contributed by atoms with Gasteiger partial charge in [-0.2, -0.15) is 0 Å². The molecule has 22 heavy (non-hydrogen) atoms. The zero-order valence-electron chi connectivity index (χ0n) is 11.9. The largest absolute Gasteiger partial charge is 0.350 e. The van der Waals surface area contributed by atoms with Crippen LogP contribution in [0.25, 0.3) is 0 Å². The van der Waals surface area contributed by atoms with Crippen LogP contribution in [0.2, 0.25) is 5.02 Å². The van der Waals surface area contributed by atoms with Crippen molar-refractivity contribution in [3.8, 4) is 0 Å². The van der Waals surface area contributed by atoms with Crippen LogP contribution in [0.4, 0.5) is 0 Å². The lowest BCUT2D eigenvalue weighted by Gasteiger charge is -2.06. The average molecular weight is 342 g/mol. The summed E-state index contributed by atoms with van der Waals surface area (Å²) in [7, 11) is -2.24. The third kappa shape index (κ3) is 4.09. The van der Waals surface area contributed by atoms with Gasteiger partial charge in [0.2, 0.25) is 10.0 Å². The molecule has 0 aliphatic heterocycles. The van der Waals surface area contributed by atoms with Crippen LogP contribution in [-0.2, 0) is 23.5 Å². The molecule has 0 unspecified atom stereocenters. The molecule has 0 saturated heterocycles. The van der Waals surface area contributed by atoms with Gasteiger partial charge in [0.05, 0.1) is 0 Å². The Bertz CT molecular complexity index is 799. The average Bonchev–Trinajstić information content (AvgIpc) is 2.81. The van der Waals surface area contributed by atoms with E-state index in [0.29, 0.717) is 18.0 Å². The minimum absolute atomic E-state index is 0.0880. The molecule has 3 N–H and O–H groups in total. The van der Waals surface area contributed by atoms with Gasteiger partial charge < -0.3 is 9.88 Å². The quantitative estimate of drug-likeness (QED) is 0.858. The number of nitrogens with zero attached hydrogens (tertiary/aromatic N) is 1. The van der Waals surface area contributed by atoms with E-state index in [2.05, 4.69) is 5.32 Å². The fourth-order valence-electron chi connectivity index (χ4n) is 2.02. The van der Waals surface area contributed by atoms with E-state index < -0.39 is 10.0 Å². The molecule has 6 nitrogen and oxygen atoms in total. The fourth-order valence-corrected chi connectivity index (χ4v) is 2.81. The Morgan fingerprint density at radius 2 is 2.09 bits per heavy atom. The van der Waals surface area contributed by atoms with Gasteiger partial charge in [0.1, 0.15) is 10.6 Å². The first-order chi connectivity index (χ1) is 10.3. The van der Waals surface area contributed by atoms with Gasteiger partial charge in [0.25, 0.3) is 5.91 Å². The van der Waals surface area contributed by atoms with E-state index in [1.165, 1.54) is 16.8 Å². The number of amides is 1. The van der Waals surface area contributed by atoms with Crippen LogP contribution in [0, 0.1) is 0 Å². The predicted molar refractivity (Wildman–Crippen MR) is 84.3 cm³/mol. The van der Waals surface area contributed by atoms with Crippen molar-refractivity contribution in [2.75, 3.05) is 6.54 Å². The summed E-state index contributed by atoms with van der Waals surface area (Å²) in [5, 5.41) is 8.42. The number of aryl methyl sites for hydroxylation is 1. The lowest BCUT2D eigenvalue weighted by Crippen LogP contribution is -2.27. The van der Waals surface area contributed by atoms with Crippen molar-refractivity contribution in [2.45, 2.75) is 11.3 Å². The number of hydrogen-bond donors (Lipinski definition) is 2.